The van der Waals surface area contributed by atoms with E-state index in [4.69, 9.17) is 16.1 Å². The molecule has 2 heterocycles. The highest BCUT2D eigenvalue weighted by Gasteiger charge is 2.50. The van der Waals surface area contributed by atoms with Gasteiger partial charge in [-0.1, -0.05) is 67.0 Å². The molecule has 0 spiro atoms. The van der Waals surface area contributed by atoms with Crippen LogP contribution in [-0.2, 0) is 11.2 Å². The fourth-order valence-corrected chi connectivity index (χ4v) is 5.39. The number of halogens is 1. The molecular formula is C26H26ClN3O3. The Morgan fingerprint density at radius 2 is 1.94 bits per heavy atom. The third-order valence-corrected chi connectivity index (χ3v) is 7.58. The molecule has 0 aliphatic heterocycles. The summed E-state index contributed by atoms with van der Waals surface area (Å²) in [6, 6.07) is 15.3. The Labute approximate surface area is 196 Å². The zero-order chi connectivity index (χ0) is 23.3. The Kier molecular flexibility index (Phi) is 5.28. The molecule has 1 fully saturated rings. The molecule has 33 heavy (non-hydrogen) atoms. The van der Waals surface area contributed by atoms with Gasteiger partial charge in [-0.3, -0.25) is 9.59 Å². The van der Waals surface area contributed by atoms with Crippen LogP contribution in [0.4, 0.5) is 0 Å². The Balaban J connectivity index is 1.43. The van der Waals surface area contributed by atoms with Gasteiger partial charge in [0.1, 0.15) is 16.7 Å². The Morgan fingerprint density at radius 1 is 1.18 bits per heavy atom. The quantitative estimate of drug-likeness (QED) is 0.449. The maximum absolute atomic E-state index is 13.6. The van der Waals surface area contributed by atoms with E-state index in [1.165, 1.54) is 0 Å². The highest BCUT2D eigenvalue weighted by Crippen LogP contribution is 2.54. The molecule has 0 bridgehead atoms. The second-order valence-electron chi connectivity index (χ2n) is 9.51. The second kappa shape index (κ2) is 8.03. The zero-order valence-corrected chi connectivity index (χ0v) is 19.6. The van der Waals surface area contributed by atoms with Crippen molar-refractivity contribution >= 4 is 39.3 Å². The van der Waals surface area contributed by atoms with E-state index in [-0.39, 0.29) is 28.8 Å². The van der Waals surface area contributed by atoms with Crippen LogP contribution in [0.15, 0.2) is 57.8 Å². The molecule has 1 N–H and O–H groups in total. The average molecular weight is 464 g/mol. The summed E-state index contributed by atoms with van der Waals surface area (Å²) in [7, 11) is 0. The van der Waals surface area contributed by atoms with Gasteiger partial charge in [0.25, 0.3) is 5.56 Å². The average Bonchev–Trinajstić information content (AvgIpc) is 3.17. The van der Waals surface area contributed by atoms with Crippen molar-refractivity contribution in [3.63, 3.8) is 0 Å². The van der Waals surface area contributed by atoms with Crippen LogP contribution in [0, 0.1) is 18.3 Å². The third kappa shape index (κ3) is 3.53. The van der Waals surface area contributed by atoms with E-state index in [9.17, 15) is 9.59 Å². The Bertz CT molecular complexity index is 1420. The molecule has 2 unspecified atom stereocenters. The molecule has 2 aromatic carbocycles. The first-order valence-electron chi connectivity index (χ1n) is 11.2. The summed E-state index contributed by atoms with van der Waals surface area (Å²) in [5.74, 6) is 0.756. The van der Waals surface area contributed by atoms with E-state index >= 15 is 0 Å². The fourth-order valence-electron chi connectivity index (χ4n) is 5.14. The van der Waals surface area contributed by atoms with Crippen molar-refractivity contribution in [2.24, 2.45) is 11.3 Å². The molecule has 1 aliphatic rings. The first kappa shape index (κ1) is 21.7. The Morgan fingerprint density at radius 3 is 2.67 bits per heavy atom. The van der Waals surface area contributed by atoms with Gasteiger partial charge in [0.2, 0.25) is 5.91 Å². The minimum Gasteiger partial charge on any atom is -0.360 e. The van der Waals surface area contributed by atoms with Gasteiger partial charge in [-0.2, -0.15) is 0 Å². The van der Waals surface area contributed by atoms with Crippen LogP contribution in [0.1, 0.15) is 37.6 Å². The van der Waals surface area contributed by atoms with Gasteiger partial charge in [-0.25, -0.2) is 0 Å². The molecule has 0 radical (unpaired) electrons. The number of nitrogens with zero attached hydrogens (tertiary/aromatic N) is 2. The number of benzene rings is 2. The lowest BCUT2D eigenvalue weighted by Crippen LogP contribution is -2.53. The van der Waals surface area contributed by atoms with E-state index in [0.717, 1.165) is 22.9 Å². The van der Waals surface area contributed by atoms with Crippen LogP contribution < -0.4 is 10.9 Å². The summed E-state index contributed by atoms with van der Waals surface area (Å²) in [6.07, 6.45) is 1.15. The van der Waals surface area contributed by atoms with Crippen molar-refractivity contribution in [3.05, 3.63) is 75.2 Å². The number of rotatable bonds is 5. The second-order valence-corrected chi connectivity index (χ2v) is 9.91. The highest BCUT2D eigenvalue weighted by molar-refractivity contribution is 6.37. The molecule has 4 aromatic rings. The normalized spacial score (nSPS) is 19.5. The molecule has 6 nitrogen and oxygen atoms in total. The summed E-state index contributed by atoms with van der Waals surface area (Å²) in [6.45, 7) is 6.64. The van der Waals surface area contributed by atoms with Gasteiger partial charge in [-0.05, 0) is 42.4 Å². The topological polar surface area (TPSA) is 77.1 Å². The first-order valence-corrected chi connectivity index (χ1v) is 11.6. The predicted molar refractivity (Wildman–Crippen MR) is 130 cm³/mol. The van der Waals surface area contributed by atoms with E-state index < -0.39 is 0 Å². The maximum atomic E-state index is 13.6. The van der Waals surface area contributed by atoms with Crippen LogP contribution in [0.3, 0.4) is 0 Å². The minimum atomic E-state index is -0.197. The summed E-state index contributed by atoms with van der Waals surface area (Å²) >= 11 is 6.54. The number of hydrogen-bond acceptors (Lipinski definition) is 4. The molecule has 2 atom stereocenters. The summed E-state index contributed by atoms with van der Waals surface area (Å²) in [5.41, 5.74) is 1.96. The van der Waals surface area contributed by atoms with Gasteiger partial charge >= 0.3 is 0 Å². The number of carbonyl (C=O) groups is 1. The standard InChI is InChI=1S/C26H26ClN3O3/c1-15-22-24(29-33-15)23-18(27)10-7-11-19(23)30(25(22)32)20-13-17(26(20,2)3)14-28-21(31)12-16-8-5-4-6-9-16/h4-11,17,20H,12-14H2,1-3H3,(H,28,31). The maximum Gasteiger partial charge on any atom is 0.264 e. The van der Waals surface area contributed by atoms with Gasteiger partial charge in [0.05, 0.1) is 17.0 Å². The van der Waals surface area contributed by atoms with Gasteiger partial charge in [0.15, 0.2) is 0 Å². The van der Waals surface area contributed by atoms with Crippen molar-refractivity contribution in [2.75, 3.05) is 6.54 Å². The summed E-state index contributed by atoms with van der Waals surface area (Å²) in [4.78, 5) is 26.0. The molecule has 1 amide bonds. The largest absolute Gasteiger partial charge is 0.360 e. The number of pyridine rings is 1. The van der Waals surface area contributed by atoms with Gasteiger partial charge in [0, 0.05) is 18.0 Å². The fraction of sp³-hybridized carbons (Fsp3) is 0.346. The van der Waals surface area contributed by atoms with Crippen LogP contribution in [0.25, 0.3) is 21.8 Å². The number of aryl methyl sites for hydroxylation is 1. The molecular weight excluding hydrogens is 438 g/mol. The monoisotopic (exact) mass is 463 g/mol. The van der Waals surface area contributed by atoms with Crippen LogP contribution in [0.2, 0.25) is 5.02 Å². The van der Waals surface area contributed by atoms with Crippen molar-refractivity contribution in [1.29, 1.82) is 0 Å². The lowest BCUT2D eigenvalue weighted by atomic mass is 9.58. The van der Waals surface area contributed by atoms with Crippen LogP contribution in [0.5, 0.6) is 0 Å². The van der Waals surface area contributed by atoms with Gasteiger partial charge in [-0.15, -0.1) is 0 Å². The number of carbonyl (C=O) groups excluding carboxylic acids is 1. The lowest BCUT2D eigenvalue weighted by Gasteiger charge is -2.53. The van der Waals surface area contributed by atoms with E-state index in [1.807, 2.05) is 47.0 Å². The molecule has 170 valence electrons. The molecule has 1 aliphatic carbocycles. The van der Waals surface area contributed by atoms with Crippen molar-refractivity contribution < 1.29 is 9.32 Å². The number of aromatic nitrogens is 2. The SMILES string of the molecule is Cc1onc2c1c(=O)n(C1CC(CNC(=O)Cc3ccccc3)C1(C)C)c1cccc(Cl)c21. The van der Waals surface area contributed by atoms with Crippen molar-refractivity contribution in [2.45, 2.75) is 39.7 Å². The highest BCUT2D eigenvalue weighted by atomic mass is 35.5. The Hall–Kier alpha value is -3.12. The minimum absolute atomic E-state index is 0.0105. The predicted octanol–water partition coefficient (Wildman–Crippen LogP) is 5.05. The van der Waals surface area contributed by atoms with E-state index in [1.54, 1.807) is 13.0 Å². The smallest absolute Gasteiger partial charge is 0.264 e. The summed E-state index contributed by atoms with van der Waals surface area (Å²) < 4.78 is 7.22. The third-order valence-electron chi connectivity index (χ3n) is 7.27. The van der Waals surface area contributed by atoms with E-state index in [2.05, 4.69) is 24.3 Å². The number of amides is 1. The van der Waals surface area contributed by atoms with E-state index in [0.29, 0.717) is 34.7 Å². The number of hydrogen-bond donors (Lipinski definition) is 1. The molecule has 0 saturated heterocycles. The summed E-state index contributed by atoms with van der Waals surface area (Å²) in [5, 5.41) is 8.97. The molecule has 1 saturated carbocycles. The van der Waals surface area contributed by atoms with Crippen LogP contribution >= 0.6 is 11.6 Å². The number of nitrogens with one attached hydrogen (secondary N) is 1. The molecule has 5 rings (SSSR count). The number of fused-ring (bicyclic) bond motifs is 3. The van der Waals surface area contributed by atoms with Crippen LogP contribution in [-0.4, -0.2) is 22.2 Å². The molecule has 7 heteroatoms. The van der Waals surface area contributed by atoms with Gasteiger partial charge < -0.3 is 14.4 Å². The van der Waals surface area contributed by atoms with Crippen molar-refractivity contribution in [1.82, 2.24) is 15.0 Å². The first-order chi connectivity index (χ1) is 15.8. The lowest BCUT2D eigenvalue weighted by molar-refractivity contribution is -0.121. The molecule has 2 aromatic heterocycles. The zero-order valence-electron chi connectivity index (χ0n) is 18.9. The van der Waals surface area contributed by atoms with Crippen molar-refractivity contribution in [3.8, 4) is 0 Å².